The van der Waals surface area contributed by atoms with Gasteiger partial charge in [0.25, 0.3) is 0 Å². The van der Waals surface area contributed by atoms with Crippen molar-refractivity contribution in [2.45, 2.75) is 38.3 Å². The van der Waals surface area contributed by atoms with Gasteiger partial charge in [-0.05, 0) is 31.4 Å². The van der Waals surface area contributed by atoms with Gasteiger partial charge >= 0.3 is 5.97 Å². The molecule has 0 unspecified atom stereocenters. The van der Waals surface area contributed by atoms with Crippen molar-refractivity contribution >= 4 is 11.9 Å². The zero-order valence-corrected chi connectivity index (χ0v) is 14.0. The van der Waals surface area contributed by atoms with Gasteiger partial charge in [-0.25, -0.2) is 0 Å². The highest BCUT2D eigenvalue weighted by atomic mass is 16.4. The summed E-state index contributed by atoms with van der Waals surface area (Å²) in [5.41, 5.74) is 2.24. The molecule has 24 heavy (non-hydrogen) atoms. The van der Waals surface area contributed by atoms with Gasteiger partial charge in [0, 0.05) is 38.8 Å². The normalized spacial score (nSPS) is 23.2. The molecule has 2 saturated heterocycles. The first-order chi connectivity index (χ1) is 11.4. The molecule has 0 bridgehead atoms. The standard InChI is InChI=1S/C17H22N4O3/c1-11-12(7-13(9-18)20(11)2)10-21-5-3-17(4-6-21)14(16(23)24)8-15(22)19-17/h7,14H,3-6,8,10H2,1-2H3,(H,19,22)(H,23,24)/t14-/m0/s1. The fourth-order valence-corrected chi connectivity index (χ4v) is 3.97. The molecule has 3 rings (SSSR count). The molecule has 0 saturated carbocycles. The lowest BCUT2D eigenvalue weighted by Gasteiger charge is -2.41. The number of aromatic nitrogens is 1. The highest BCUT2D eigenvalue weighted by Crippen LogP contribution is 2.37. The third-order valence-electron chi connectivity index (χ3n) is 5.64. The smallest absolute Gasteiger partial charge is 0.309 e. The van der Waals surface area contributed by atoms with Crippen LogP contribution in [0.1, 0.15) is 36.2 Å². The third-order valence-corrected chi connectivity index (χ3v) is 5.64. The third kappa shape index (κ3) is 2.67. The fourth-order valence-electron chi connectivity index (χ4n) is 3.97. The van der Waals surface area contributed by atoms with E-state index >= 15 is 0 Å². The molecule has 1 amide bonds. The van der Waals surface area contributed by atoms with E-state index < -0.39 is 17.4 Å². The first kappa shape index (κ1) is 16.5. The van der Waals surface area contributed by atoms with Crippen molar-refractivity contribution in [2.75, 3.05) is 13.1 Å². The minimum Gasteiger partial charge on any atom is -0.481 e. The van der Waals surface area contributed by atoms with Gasteiger partial charge in [0.05, 0.1) is 11.5 Å². The Labute approximate surface area is 140 Å². The molecule has 2 aliphatic rings. The number of likely N-dealkylation sites (tertiary alicyclic amines) is 1. The average molecular weight is 330 g/mol. The monoisotopic (exact) mass is 330 g/mol. The number of carbonyl (C=O) groups excluding carboxylic acids is 1. The summed E-state index contributed by atoms with van der Waals surface area (Å²) < 4.78 is 1.89. The predicted octanol–water partition coefficient (Wildman–Crippen LogP) is 0.760. The molecule has 1 spiro atoms. The van der Waals surface area contributed by atoms with Gasteiger partial charge in [-0.2, -0.15) is 5.26 Å². The van der Waals surface area contributed by atoms with Crippen LogP contribution in [0, 0.1) is 24.2 Å². The lowest BCUT2D eigenvalue weighted by atomic mass is 9.77. The number of aliphatic carboxylic acids is 1. The maximum atomic E-state index is 11.7. The molecule has 0 aliphatic carbocycles. The molecule has 1 atom stereocenters. The van der Waals surface area contributed by atoms with Gasteiger partial charge in [0.15, 0.2) is 0 Å². The van der Waals surface area contributed by atoms with E-state index in [2.05, 4.69) is 16.3 Å². The molecular formula is C17H22N4O3. The van der Waals surface area contributed by atoms with Crippen molar-refractivity contribution in [2.24, 2.45) is 13.0 Å². The Morgan fingerprint density at radius 2 is 2.17 bits per heavy atom. The van der Waals surface area contributed by atoms with Gasteiger partial charge in [0.2, 0.25) is 5.91 Å². The van der Waals surface area contributed by atoms with Crippen LogP contribution < -0.4 is 5.32 Å². The minimum atomic E-state index is -0.889. The second kappa shape index (κ2) is 5.95. The molecule has 128 valence electrons. The first-order valence-corrected chi connectivity index (χ1v) is 8.18. The Balaban J connectivity index is 1.69. The summed E-state index contributed by atoms with van der Waals surface area (Å²) in [6.45, 7) is 4.21. The molecule has 7 nitrogen and oxygen atoms in total. The van der Waals surface area contributed by atoms with E-state index in [4.69, 9.17) is 5.26 Å². The van der Waals surface area contributed by atoms with E-state index in [0.717, 1.165) is 30.9 Å². The Morgan fingerprint density at radius 3 is 2.71 bits per heavy atom. The van der Waals surface area contributed by atoms with Crippen LogP contribution in [0.3, 0.4) is 0 Å². The molecule has 0 radical (unpaired) electrons. The number of rotatable bonds is 3. The highest BCUT2D eigenvalue weighted by Gasteiger charge is 2.51. The summed E-state index contributed by atoms with van der Waals surface area (Å²) in [6, 6.07) is 4.10. The second-order valence-electron chi connectivity index (χ2n) is 6.89. The van der Waals surface area contributed by atoms with E-state index in [0.29, 0.717) is 18.5 Å². The Morgan fingerprint density at radius 1 is 1.50 bits per heavy atom. The number of carbonyl (C=O) groups is 2. The lowest BCUT2D eigenvalue weighted by Crippen LogP contribution is -2.55. The van der Waals surface area contributed by atoms with E-state index in [1.54, 1.807) is 0 Å². The number of hydrogen-bond donors (Lipinski definition) is 2. The molecule has 0 aromatic carbocycles. The van der Waals surface area contributed by atoms with Crippen LogP contribution in [-0.2, 0) is 23.2 Å². The minimum absolute atomic E-state index is 0.0820. The number of carboxylic acids is 1. The van der Waals surface area contributed by atoms with Crippen LogP contribution in [0.25, 0.3) is 0 Å². The molecule has 2 N–H and O–H groups in total. The summed E-state index contributed by atoms with van der Waals surface area (Å²) >= 11 is 0. The largest absolute Gasteiger partial charge is 0.481 e. The van der Waals surface area contributed by atoms with Crippen molar-refractivity contribution in [1.29, 1.82) is 5.26 Å². The van der Waals surface area contributed by atoms with Crippen LogP contribution >= 0.6 is 0 Å². The van der Waals surface area contributed by atoms with Crippen molar-refractivity contribution in [3.05, 3.63) is 23.0 Å². The Kier molecular flexibility index (Phi) is 4.10. The number of nitrogens with one attached hydrogen (secondary N) is 1. The predicted molar refractivity (Wildman–Crippen MR) is 86.0 cm³/mol. The molecule has 1 aromatic heterocycles. The van der Waals surface area contributed by atoms with Gasteiger partial charge in [-0.15, -0.1) is 0 Å². The highest BCUT2D eigenvalue weighted by molar-refractivity contribution is 5.88. The van der Waals surface area contributed by atoms with Crippen molar-refractivity contribution < 1.29 is 14.7 Å². The molecule has 3 heterocycles. The lowest BCUT2D eigenvalue weighted by molar-refractivity contribution is -0.144. The molecule has 2 fully saturated rings. The van der Waals surface area contributed by atoms with E-state index in [9.17, 15) is 14.7 Å². The van der Waals surface area contributed by atoms with Gasteiger partial charge < -0.3 is 15.0 Å². The summed E-state index contributed by atoms with van der Waals surface area (Å²) in [7, 11) is 1.88. The summed E-state index contributed by atoms with van der Waals surface area (Å²) in [6.07, 6.45) is 1.37. The number of nitriles is 1. The van der Waals surface area contributed by atoms with Gasteiger partial charge in [-0.3, -0.25) is 14.5 Å². The number of piperidine rings is 1. The quantitative estimate of drug-likeness (QED) is 0.852. The van der Waals surface area contributed by atoms with Crippen molar-refractivity contribution in [3.8, 4) is 6.07 Å². The van der Waals surface area contributed by atoms with Gasteiger partial charge in [0.1, 0.15) is 11.8 Å². The summed E-state index contributed by atoms with van der Waals surface area (Å²) in [4.78, 5) is 25.4. The van der Waals surface area contributed by atoms with Crippen molar-refractivity contribution in [3.63, 3.8) is 0 Å². The first-order valence-electron chi connectivity index (χ1n) is 8.18. The Hall–Kier alpha value is -2.33. The number of hydrogen-bond acceptors (Lipinski definition) is 4. The number of carboxylic acid groups (broad SMARTS) is 1. The summed E-state index contributed by atoms with van der Waals surface area (Å²) in [5, 5.41) is 21.5. The van der Waals surface area contributed by atoms with Crippen molar-refractivity contribution in [1.82, 2.24) is 14.8 Å². The maximum Gasteiger partial charge on any atom is 0.309 e. The molecule has 1 aromatic rings. The SMILES string of the molecule is Cc1c(CN2CCC3(CC2)NC(=O)C[C@H]3C(=O)O)cc(C#N)n1C. The number of nitrogens with zero attached hydrogens (tertiary/aromatic N) is 3. The fraction of sp³-hybridized carbons (Fsp3) is 0.588. The van der Waals surface area contributed by atoms with Crippen LogP contribution in [0.4, 0.5) is 0 Å². The average Bonchev–Trinajstić information content (AvgIpc) is 3.01. The zero-order valence-electron chi connectivity index (χ0n) is 14.0. The van der Waals surface area contributed by atoms with Gasteiger partial charge in [-0.1, -0.05) is 0 Å². The zero-order chi connectivity index (χ0) is 17.5. The van der Waals surface area contributed by atoms with E-state index in [-0.39, 0.29) is 12.3 Å². The second-order valence-corrected chi connectivity index (χ2v) is 6.89. The topological polar surface area (TPSA) is 98.4 Å². The van der Waals surface area contributed by atoms with Crippen LogP contribution in [0.2, 0.25) is 0 Å². The molecule has 7 heteroatoms. The van der Waals surface area contributed by atoms with E-state index in [1.807, 2.05) is 24.6 Å². The maximum absolute atomic E-state index is 11.7. The summed E-state index contributed by atoms with van der Waals surface area (Å²) in [5.74, 6) is -1.68. The molecule has 2 aliphatic heterocycles. The van der Waals surface area contributed by atoms with Crippen LogP contribution in [-0.4, -0.2) is 45.1 Å². The van der Waals surface area contributed by atoms with E-state index in [1.165, 1.54) is 0 Å². The number of amides is 1. The Bertz CT molecular complexity index is 723. The molecular weight excluding hydrogens is 308 g/mol. The van der Waals surface area contributed by atoms with Crippen LogP contribution in [0.15, 0.2) is 6.07 Å². The van der Waals surface area contributed by atoms with Crippen LogP contribution in [0.5, 0.6) is 0 Å².